The fourth-order valence-electron chi connectivity index (χ4n) is 1.27. The van der Waals surface area contributed by atoms with Gasteiger partial charge in [0.2, 0.25) is 5.91 Å². The summed E-state index contributed by atoms with van der Waals surface area (Å²) in [7, 11) is 0. The van der Waals surface area contributed by atoms with Gasteiger partial charge < -0.3 is 4.74 Å². The van der Waals surface area contributed by atoms with Crippen LogP contribution in [0.1, 0.15) is 19.3 Å². The van der Waals surface area contributed by atoms with Crippen LogP contribution in [0.25, 0.3) is 0 Å². The van der Waals surface area contributed by atoms with E-state index >= 15 is 0 Å². The Morgan fingerprint density at radius 3 is 3.17 bits per heavy atom. The Labute approximate surface area is 71.5 Å². The molecular weight excluding hydrogens is 156 g/mol. The average molecular weight is 168 g/mol. The number of nitriles is 1. The lowest BCUT2D eigenvalue weighted by molar-refractivity contribution is -0.120. The molecule has 1 aliphatic heterocycles. The third kappa shape index (κ3) is 2.89. The summed E-state index contributed by atoms with van der Waals surface area (Å²) in [5.41, 5.74) is 0. The molecule has 1 N–H and O–H groups in total. The van der Waals surface area contributed by atoms with E-state index in [0.29, 0.717) is 12.3 Å². The van der Waals surface area contributed by atoms with Gasteiger partial charge in [-0.1, -0.05) is 0 Å². The van der Waals surface area contributed by atoms with E-state index in [9.17, 15) is 4.79 Å². The van der Waals surface area contributed by atoms with Crippen molar-refractivity contribution in [3.8, 4) is 6.19 Å². The molecular formula is C8H12N2O2. The highest BCUT2D eigenvalue weighted by Crippen LogP contribution is 2.17. The van der Waals surface area contributed by atoms with E-state index in [1.165, 1.54) is 0 Å². The van der Waals surface area contributed by atoms with Crippen molar-refractivity contribution in [3.05, 3.63) is 0 Å². The summed E-state index contributed by atoms with van der Waals surface area (Å²) in [5, 5.41) is 10.2. The highest BCUT2D eigenvalue weighted by molar-refractivity contribution is 5.77. The maximum Gasteiger partial charge on any atom is 0.232 e. The summed E-state index contributed by atoms with van der Waals surface area (Å²) in [6.45, 7) is 1.57. The van der Waals surface area contributed by atoms with Crippen molar-refractivity contribution < 1.29 is 9.53 Å². The Morgan fingerprint density at radius 2 is 2.58 bits per heavy atom. The molecule has 0 aromatic carbocycles. The molecule has 0 aliphatic carbocycles. The molecule has 0 aromatic rings. The van der Waals surface area contributed by atoms with Crippen LogP contribution < -0.4 is 5.32 Å². The van der Waals surface area contributed by atoms with E-state index in [1.807, 2.05) is 0 Å². The number of hydrogen-bond donors (Lipinski definition) is 1. The van der Waals surface area contributed by atoms with Gasteiger partial charge in [0.25, 0.3) is 0 Å². The molecule has 0 radical (unpaired) electrons. The van der Waals surface area contributed by atoms with Crippen LogP contribution >= 0.6 is 0 Å². The molecule has 0 spiro atoms. The molecule has 1 rings (SSSR count). The van der Waals surface area contributed by atoms with Gasteiger partial charge in [-0.2, -0.15) is 5.26 Å². The topological polar surface area (TPSA) is 62.1 Å². The van der Waals surface area contributed by atoms with Gasteiger partial charge in [-0.3, -0.25) is 10.1 Å². The summed E-state index contributed by atoms with van der Waals surface area (Å²) >= 11 is 0. The lowest BCUT2D eigenvalue weighted by Crippen LogP contribution is -2.18. The molecule has 1 unspecified atom stereocenters. The van der Waals surface area contributed by atoms with E-state index in [-0.39, 0.29) is 5.91 Å². The van der Waals surface area contributed by atoms with Gasteiger partial charge in [0, 0.05) is 19.6 Å². The molecule has 1 saturated heterocycles. The predicted molar refractivity (Wildman–Crippen MR) is 41.9 cm³/mol. The minimum Gasteiger partial charge on any atom is -0.381 e. The molecule has 1 fully saturated rings. The number of nitrogens with zero attached hydrogens (tertiary/aromatic N) is 1. The van der Waals surface area contributed by atoms with E-state index < -0.39 is 0 Å². The number of nitrogens with one attached hydrogen (secondary N) is 1. The second-order valence-corrected chi connectivity index (χ2v) is 2.93. The summed E-state index contributed by atoms with van der Waals surface area (Å²) in [4.78, 5) is 10.8. The van der Waals surface area contributed by atoms with Crippen LogP contribution in [0.5, 0.6) is 0 Å². The van der Waals surface area contributed by atoms with Crippen LogP contribution in [-0.4, -0.2) is 19.1 Å². The molecule has 1 aliphatic rings. The zero-order chi connectivity index (χ0) is 8.81. The molecule has 66 valence electrons. The normalized spacial score (nSPS) is 21.8. The van der Waals surface area contributed by atoms with Gasteiger partial charge in [-0.25, -0.2) is 0 Å². The molecule has 0 aromatic heterocycles. The Kier molecular flexibility index (Phi) is 3.55. The van der Waals surface area contributed by atoms with Gasteiger partial charge in [0.15, 0.2) is 6.19 Å². The number of carbonyl (C=O) groups is 1. The predicted octanol–water partition coefficient (Wildman–Crippen LogP) is 0.400. The Bertz CT molecular complexity index is 192. The van der Waals surface area contributed by atoms with Gasteiger partial charge in [0.05, 0.1) is 0 Å². The number of carbonyl (C=O) groups excluding carboxylic acids is 1. The van der Waals surface area contributed by atoms with Crippen molar-refractivity contribution in [1.29, 1.82) is 5.26 Å². The molecule has 0 saturated carbocycles. The second-order valence-electron chi connectivity index (χ2n) is 2.93. The van der Waals surface area contributed by atoms with Crippen molar-refractivity contribution in [2.75, 3.05) is 13.2 Å². The molecule has 1 amide bonds. The third-order valence-corrected chi connectivity index (χ3v) is 2.00. The number of amides is 1. The van der Waals surface area contributed by atoms with E-state index in [4.69, 9.17) is 10.00 Å². The van der Waals surface area contributed by atoms with Crippen molar-refractivity contribution in [2.24, 2.45) is 5.92 Å². The van der Waals surface area contributed by atoms with Gasteiger partial charge in [-0.15, -0.1) is 0 Å². The summed E-state index contributed by atoms with van der Waals surface area (Å²) in [6.07, 6.45) is 3.91. The van der Waals surface area contributed by atoms with Crippen molar-refractivity contribution in [3.63, 3.8) is 0 Å². The van der Waals surface area contributed by atoms with E-state index in [2.05, 4.69) is 5.32 Å². The smallest absolute Gasteiger partial charge is 0.232 e. The highest BCUT2D eigenvalue weighted by atomic mass is 16.5. The largest absolute Gasteiger partial charge is 0.381 e. The average Bonchev–Trinajstić information content (AvgIpc) is 2.53. The van der Waals surface area contributed by atoms with Gasteiger partial charge in [-0.05, 0) is 18.8 Å². The summed E-state index contributed by atoms with van der Waals surface area (Å²) in [6, 6.07) is 0. The third-order valence-electron chi connectivity index (χ3n) is 2.00. The van der Waals surface area contributed by atoms with Crippen LogP contribution in [0, 0.1) is 17.4 Å². The Morgan fingerprint density at radius 1 is 1.75 bits per heavy atom. The van der Waals surface area contributed by atoms with Crippen molar-refractivity contribution in [2.45, 2.75) is 19.3 Å². The Hall–Kier alpha value is -1.08. The van der Waals surface area contributed by atoms with Crippen LogP contribution in [0.15, 0.2) is 0 Å². The number of rotatable bonds is 3. The van der Waals surface area contributed by atoms with Crippen LogP contribution in [-0.2, 0) is 9.53 Å². The van der Waals surface area contributed by atoms with E-state index in [0.717, 1.165) is 26.1 Å². The highest BCUT2D eigenvalue weighted by Gasteiger charge is 2.16. The van der Waals surface area contributed by atoms with Crippen molar-refractivity contribution >= 4 is 5.91 Å². The first-order valence-corrected chi connectivity index (χ1v) is 4.08. The molecule has 4 heteroatoms. The fourth-order valence-corrected chi connectivity index (χ4v) is 1.27. The first-order chi connectivity index (χ1) is 5.83. The zero-order valence-electron chi connectivity index (χ0n) is 6.88. The summed E-state index contributed by atoms with van der Waals surface area (Å²) in [5.74, 6) is 0.318. The zero-order valence-corrected chi connectivity index (χ0v) is 6.88. The quantitative estimate of drug-likeness (QED) is 0.490. The number of ether oxygens (including phenoxy) is 1. The maximum atomic E-state index is 10.8. The van der Waals surface area contributed by atoms with Crippen molar-refractivity contribution in [1.82, 2.24) is 5.32 Å². The lowest BCUT2D eigenvalue weighted by atomic mass is 10.0. The SMILES string of the molecule is N#CNC(=O)CCC1CCOC1. The molecule has 0 bridgehead atoms. The maximum absolute atomic E-state index is 10.8. The fraction of sp³-hybridized carbons (Fsp3) is 0.750. The second kappa shape index (κ2) is 4.73. The lowest BCUT2D eigenvalue weighted by Gasteiger charge is -2.04. The standard InChI is InChI=1S/C8H12N2O2/c9-6-10-8(11)2-1-7-3-4-12-5-7/h7H,1-5H2,(H,10,11). The molecule has 4 nitrogen and oxygen atoms in total. The first kappa shape index (κ1) is 9.01. The van der Waals surface area contributed by atoms with Crippen LogP contribution in [0.3, 0.4) is 0 Å². The molecule has 12 heavy (non-hydrogen) atoms. The van der Waals surface area contributed by atoms with Gasteiger partial charge in [0.1, 0.15) is 0 Å². The summed E-state index contributed by atoms with van der Waals surface area (Å²) < 4.78 is 5.15. The van der Waals surface area contributed by atoms with Crippen LogP contribution in [0.4, 0.5) is 0 Å². The van der Waals surface area contributed by atoms with Gasteiger partial charge >= 0.3 is 0 Å². The minimum atomic E-state index is -0.190. The Balaban J connectivity index is 2.08. The monoisotopic (exact) mass is 168 g/mol. The molecule has 1 atom stereocenters. The first-order valence-electron chi connectivity index (χ1n) is 4.08. The minimum absolute atomic E-state index is 0.190. The molecule has 1 heterocycles. The number of hydrogen-bond acceptors (Lipinski definition) is 3. The van der Waals surface area contributed by atoms with Crippen LogP contribution in [0.2, 0.25) is 0 Å². The van der Waals surface area contributed by atoms with E-state index in [1.54, 1.807) is 6.19 Å².